The van der Waals surface area contributed by atoms with Gasteiger partial charge in [-0.05, 0) is 50.2 Å². The molecular weight excluding hydrogens is 314 g/mol. The van der Waals surface area contributed by atoms with Gasteiger partial charge in [0.15, 0.2) is 0 Å². The van der Waals surface area contributed by atoms with Crippen molar-refractivity contribution >= 4 is 17.6 Å². The van der Waals surface area contributed by atoms with Gasteiger partial charge in [-0.25, -0.2) is 9.97 Å². The normalized spacial score (nSPS) is 19.8. The zero-order valence-corrected chi connectivity index (χ0v) is 15.2. The van der Waals surface area contributed by atoms with E-state index in [0.29, 0.717) is 5.41 Å². The molecule has 24 heavy (non-hydrogen) atoms. The minimum absolute atomic E-state index is 0.658. The Morgan fingerprint density at radius 1 is 1.00 bits per heavy atom. The van der Waals surface area contributed by atoms with E-state index in [4.69, 9.17) is 0 Å². The summed E-state index contributed by atoms with van der Waals surface area (Å²) in [7, 11) is 0. The highest BCUT2D eigenvalue weighted by Crippen LogP contribution is 2.46. The van der Waals surface area contributed by atoms with E-state index in [0.717, 1.165) is 23.9 Å². The van der Waals surface area contributed by atoms with Crippen molar-refractivity contribution in [2.45, 2.75) is 55.4 Å². The van der Waals surface area contributed by atoms with E-state index in [1.807, 2.05) is 12.4 Å². The van der Waals surface area contributed by atoms with Crippen molar-refractivity contribution in [3.63, 3.8) is 0 Å². The monoisotopic (exact) mass is 339 g/mol. The second kappa shape index (κ2) is 6.75. The van der Waals surface area contributed by atoms with E-state index in [1.54, 1.807) is 11.8 Å². The fourth-order valence-corrected chi connectivity index (χ4v) is 5.00. The molecule has 1 aliphatic heterocycles. The largest absolute Gasteiger partial charge is 0.355 e. The Bertz CT molecular complexity index is 682. The lowest BCUT2D eigenvalue weighted by Crippen LogP contribution is -2.39. The first-order valence-electron chi connectivity index (χ1n) is 9.04. The Morgan fingerprint density at radius 3 is 2.46 bits per heavy atom. The van der Waals surface area contributed by atoms with Gasteiger partial charge in [-0.3, -0.25) is 0 Å². The molecule has 4 heteroatoms. The molecule has 0 amide bonds. The number of hydrogen-bond donors (Lipinski definition) is 0. The van der Waals surface area contributed by atoms with Gasteiger partial charge in [0.25, 0.3) is 0 Å². The van der Waals surface area contributed by atoms with E-state index in [2.05, 4.69) is 46.1 Å². The Balaban J connectivity index is 1.39. The zero-order valence-electron chi connectivity index (χ0n) is 14.4. The molecule has 1 aromatic carbocycles. The van der Waals surface area contributed by atoms with Gasteiger partial charge in [-0.1, -0.05) is 42.3 Å². The summed E-state index contributed by atoms with van der Waals surface area (Å²) >= 11 is 1.68. The Kier molecular flexibility index (Phi) is 4.49. The lowest BCUT2D eigenvalue weighted by atomic mass is 9.77. The molecule has 3 nitrogen and oxygen atoms in total. The van der Waals surface area contributed by atoms with Crippen LogP contribution in [0.5, 0.6) is 0 Å². The molecular formula is C20H25N3S. The number of nitrogens with zero attached hydrogens (tertiary/aromatic N) is 3. The minimum Gasteiger partial charge on any atom is -0.355 e. The number of rotatable bonds is 3. The maximum absolute atomic E-state index is 4.68. The number of hydrogen-bond acceptors (Lipinski definition) is 4. The van der Waals surface area contributed by atoms with Crippen LogP contribution in [0.4, 0.5) is 5.82 Å². The van der Waals surface area contributed by atoms with E-state index in [9.17, 15) is 0 Å². The molecule has 1 aromatic heterocycles. The molecule has 1 aliphatic carbocycles. The molecule has 0 bridgehead atoms. The van der Waals surface area contributed by atoms with Crippen LogP contribution >= 0.6 is 11.8 Å². The lowest BCUT2D eigenvalue weighted by molar-refractivity contribution is 0.226. The van der Waals surface area contributed by atoms with Crippen molar-refractivity contribution in [2.24, 2.45) is 5.41 Å². The summed E-state index contributed by atoms with van der Waals surface area (Å²) in [6.07, 6.45) is 12.3. The summed E-state index contributed by atoms with van der Waals surface area (Å²) in [5.41, 5.74) is 1.93. The van der Waals surface area contributed by atoms with E-state index in [-0.39, 0.29) is 0 Å². The molecule has 2 aromatic rings. The molecule has 0 unspecified atom stereocenters. The molecule has 1 saturated carbocycles. The second-order valence-corrected chi connectivity index (χ2v) is 8.42. The molecule has 1 spiro atoms. The minimum atomic E-state index is 0.658. The average Bonchev–Trinajstić information content (AvgIpc) is 3.05. The Hall–Kier alpha value is -1.55. The number of aryl methyl sites for hydroxylation is 1. The second-order valence-electron chi connectivity index (χ2n) is 7.33. The van der Waals surface area contributed by atoms with Gasteiger partial charge in [0.2, 0.25) is 0 Å². The molecule has 1 saturated heterocycles. The lowest BCUT2D eigenvalue weighted by Gasteiger charge is -2.39. The Morgan fingerprint density at radius 2 is 1.79 bits per heavy atom. The van der Waals surface area contributed by atoms with Crippen LogP contribution in [0.15, 0.2) is 46.6 Å². The zero-order chi connectivity index (χ0) is 16.4. The first-order chi connectivity index (χ1) is 11.7. The molecule has 2 fully saturated rings. The van der Waals surface area contributed by atoms with Crippen LogP contribution in [0.25, 0.3) is 0 Å². The number of anilines is 1. The summed E-state index contributed by atoms with van der Waals surface area (Å²) in [6.45, 7) is 4.39. The van der Waals surface area contributed by atoms with Crippen molar-refractivity contribution < 1.29 is 0 Å². The summed E-state index contributed by atoms with van der Waals surface area (Å²) in [6, 6.07) is 8.52. The maximum Gasteiger partial charge on any atom is 0.147 e. The molecule has 4 rings (SSSR count). The van der Waals surface area contributed by atoms with Crippen molar-refractivity contribution in [1.82, 2.24) is 9.97 Å². The van der Waals surface area contributed by atoms with Gasteiger partial charge in [-0.15, -0.1) is 0 Å². The molecule has 0 radical (unpaired) electrons. The molecule has 2 heterocycles. The highest BCUT2D eigenvalue weighted by Gasteiger charge is 2.37. The average molecular weight is 340 g/mol. The van der Waals surface area contributed by atoms with Crippen LogP contribution in [0, 0.1) is 12.3 Å². The van der Waals surface area contributed by atoms with E-state index < -0.39 is 0 Å². The smallest absolute Gasteiger partial charge is 0.147 e. The predicted molar refractivity (Wildman–Crippen MR) is 99.7 cm³/mol. The SMILES string of the molecule is Cc1cccc(Sc2cnc(N3CCC4(CCCC4)CC3)cn2)c1. The van der Waals surface area contributed by atoms with Gasteiger partial charge < -0.3 is 4.90 Å². The van der Waals surface area contributed by atoms with Gasteiger partial charge >= 0.3 is 0 Å². The summed E-state index contributed by atoms with van der Waals surface area (Å²) in [5.74, 6) is 1.04. The third-order valence-corrected chi connectivity index (χ3v) is 6.55. The van der Waals surface area contributed by atoms with E-state index >= 15 is 0 Å². The van der Waals surface area contributed by atoms with Crippen LogP contribution in [0.3, 0.4) is 0 Å². The number of piperidine rings is 1. The Labute approximate surface area is 148 Å². The molecule has 0 atom stereocenters. The fraction of sp³-hybridized carbons (Fsp3) is 0.500. The topological polar surface area (TPSA) is 29.0 Å². The third kappa shape index (κ3) is 3.44. The standard InChI is InChI=1S/C20H25N3S/c1-16-5-4-6-17(13-16)24-19-15-21-18(14-22-19)23-11-9-20(10-12-23)7-2-3-8-20/h4-6,13-15H,2-3,7-12H2,1H3. The van der Waals surface area contributed by atoms with Crippen LogP contribution in [-0.2, 0) is 0 Å². The highest BCUT2D eigenvalue weighted by atomic mass is 32.2. The van der Waals surface area contributed by atoms with E-state index in [1.165, 1.54) is 49.0 Å². The van der Waals surface area contributed by atoms with Crippen LogP contribution in [0.1, 0.15) is 44.1 Å². The summed E-state index contributed by atoms with van der Waals surface area (Å²) in [5, 5.41) is 0.966. The first kappa shape index (κ1) is 15.9. The number of aromatic nitrogens is 2. The summed E-state index contributed by atoms with van der Waals surface area (Å²) < 4.78 is 0. The molecule has 126 valence electrons. The predicted octanol–water partition coefficient (Wildman–Crippen LogP) is 5.10. The quantitative estimate of drug-likeness (QED) is 0.778. The van der Waals surface area contributed by atoms with Gasteiger partial charge in [-0.2, -0.15) is 0 Å². The first-order valence-corrected chi connectivity index (χ1v) is 9.86. The fourth-order valence-electron chi connectivity index (χ4n) is 4.16. The van der Waals surface area contributed by atoms with Gasteiger partial charge in [0.05, 0.1) is 12.4 Å². The number of benzene rings is 1. The van der Waals surface area contributed by atoms with Crippen LogP contribution in [0.2, 0.25) is 0 Å². The highest BCUT2D eigenvalue weighted by molar-refractivity contribution is 7.99. The van der Waals surface area contributed by atoms with Gasteiger partial charge in [0.1, 0.15) is 10.8 Å². The van der Waals surface area contributed by atoms with Crippen molar-refractivity contribution in [3.05, 3.63) is 42.2 Å². The maximum atomic E-state index is 4.68. The van der Waals surface area contributed by atoms with Gasteiger partial charge in [0, 0.05) is 18.0 Å². The molecule has 2 aliphatic rings. The molecule has 0 N–H and O–H groups in total. The van der Waals surface area contributed by atoms with Crippen molar-refractivity contribution in [2.75, 3.05) is 18.0 Å². The van der Waals surface area contributed by atoms with Crippen molar-refractivity contribution in [3.8, 4) is 0 Å². The van der Waals surface area contributed by atoms with Crippen LogP contribution in [-0.4, -0.2) is 23.1 Å². The van der Waals surface area contributed by atoms with Crippen LogP contribution < -0.4 is 4.90 Å². The van der Waals surface area contributed by atoms with Crippen molar-refractivity contribution in [1.29, 1.82) is 0 Å². The summed E-state index contributed by atoms with van der Waals surface area (Å²) in [4.78, 5) is 12.9. The third-order valence-electron chi connectivity index (χ3n) is 5.64.